The van der Waals surface area contributed by atoms with E-state index in [0.717, 1.165) is 105 Å². The number of piperidine rings is 2. The summed E-state index contributed by atoms with van der Waals surface area (Å²) in [5.74, 6) is 1.24. The molecule has 0 saturated carbocycles. The van der Waals surface area contributed by atoms with Gasteiger partial charge in [-0.05, 0) is 67.3 Å². The van der Waals surface area contributed by atoms with E-state index in [0.29, 0.717) is 24.0 Å². The number of benzene rings is 1. The largest absolute Gasteiger partial charge is 0.496 e. The Morgan fingerprint density at radius 1 is 0.782 bits per heavy atom. The van der Waals surface area contributed by atoms with Gasteiger partial charge < -0.3 is 38.0 Å². The van der Waals surface area contributed by atoms with Crippen LogP contribution in [-0.2, 0) is 36.1 Å². The molecule has 7 rings (SSSR count). The molecule has 55 heavy (non-hydrogen) atoms. The average Bonchev–Trinajstić information content (AvgIpc) is 3.20. The van der Waals surface area contributed by atoms with Crippen LogP contribution in [0, 0.1) is 0 Å². The van der Waals surface area contributed by atoms with Gasteiger partial charge in [0.15, 0.2) is 0 Å². The number of carbonyl (C=O) groups excluding carboxylic acids is 2. The van der Waals surface area contributed by atoms with Crippen molar-refractivity contribution in [3.8, 4) is 22.6 Å². The Kier molecular flexibility index (Phi) is 11.9. The molecule has 292 valence electrons. The standard InChI is InChI=1S/C41H51N7O7/c1-44-27-35(32-6-13-42-25-34(32)40(44)51)33-24-36(53-2)28(23-37(33)54-3)7-15-45-16-8-30(9-17-45)55-31-10-18-46(19-11-31)21-22-47-14-4-5-29(39(47)50)26-48-20-12-38(49)43-41(48)52/h4-6,13-14,23-25,27,30-31H,7-12,15-22,26H2,1-3H3,(H,43,49,52). The monoisotopic (exact) mass is 753 g/mol. The van der Waals surface area contributed by atoms with Crippen molar-refractivity contribution in [2.45, 2.75) is 63.8 Å². The maximum Gasteiger partial charge on any atom is 0.324 e. The summed E-state index contributed by atoms with van der Waals surface area (Å²) in [6, 6.07) is 9.09. The topological polar surface area (TPSA) is 140 Å². The Hall–Kier alpha value is -5.05. The lowest BCUT2D eigenvalue weighted by atomic mass is 9.97. The molecule has 0 radical (unpaired) electrons. The first kappa shape index (κ1) is 38.2. The van der Waals surface area contributed by atoms with E-state index in [1.54, 1.807) is 55.1 Å². The minimum atomic E-state index is -0.449. The summed E-state index contributed by atoms with van der Waals surface area (Å²) in [5.41, 5.74) is 3.18. The van der Waals surface area contributed by atoms with Gasteiger partial charge in [0.05, 0.1) is 38.4 Å². The zero-order valence-electron chi connectivity index (χ0n) is 32.0. The number of methoxy groups -OCH3 is 2. The summed E-state index contributed by atoms with van der Waals surface area (Å²) in [4.78, 5) is 60.1. The first-order chi connectivity index (χ1) is 26.7. The number of carbonyl (C=O) groups is 2. The third-order valence-electron chi connectivity index (χ3n) is 11.3. The zero-order valence-corrected chi connectivity index (χ0v) is 32.0. The lowest BCUT2D eigenvalue weighted by Gasteiger charge is -2.37. The van der Waals surface area contributed by atoms with E-state index in [4.69, 9.17) is 14.2 Å². The molecule has 1 aromatic carbocycles. The van der Waals surface area contributed by atoms with Crippen molar-refractivity contribution < 1.29 is 23.8 Å². The first-order valence-corrected chi connectivity index (χ1v) is 19.3. The summed E-state index contributed by atoms with van der Waals surface area (Å²) >= 11 is 0. The maximum absolute atomic E-state index is 13.1. The Morgan fingerprint density at radius 3 is 2.18 bits per heavy atom. The van der Waals surface area contributed by atoms with E-state index in [2.05, 4.69) is 26.2 Å². The number of aryl methyl sites for hydroxylation is 1. The summed E-state index contributed by atoms with van der Waals surface area (Å²) in [6.45, 7) is 6.58. The summed E-state index contributed by atoms with van der Waals surface area (Å²) < 4.78 is 21.7. The Bertz CT molecular complexity index is 2130. The highest BCUT2D eigenvalue weighted by Gasteiger charge is 2.27. The first-order valence-electron chi connectivity index (χ1n) is 19.3. The second kappa shape index (κ2) is 17.2. The van der Waals surface area contributed by atoms with Crippen LogP contribution in [0.4, 0.5) is 4.79 Å². The smallest absolute Gasteiger partial charge is 0.324 e. The zero-order chi connectivity index (χ0) is 38.5. The molecule has 1 N–H and O–H groups in total. The molecule has 3 aliphatic rings. The van der Waals surface area contributed by atoms with Crippen LogP contribution in [0.3, 0.4) is 0 Å². The lowest BCUT2D eigenvalue weighted by molar-refractivity contribution is -0.121. The van der Waals surface area contributed by atoms with Crippen LogP contribution in [0.1, 0.15) is 43.2 Å². The molecule has 3 fully saturated rings. The number of nitrogens with one attached hydrogen (secondary N) is 1. The van der Waals surface area contributed by atoms with Crippen LogP contribution in [0.25, 0.3) is 21.9 Å². The van der Waals surface area contributed by atoms with Gasteiger partial charge in [0.2, 0.25) is 5.91 Å². The molecule has 3 amide bonds. The van der Waals surface area contributed by atoms with E-state index in [-0.39, 0.29) is 42.2 Å². The fourth-order valence-corrected chi connectivity index (χ4v) is 8.07. The van der Waals surface area contributed by atoms with Gasteiger partial charge in [0.1, 0.15) is 11.5 Å². The molecule has 0 unspecified atom stereocenters. The van der Waals surface area contributed by atoms with Gasteiger partial charge in [-0.2, -0.15) is 0 Å². The van der Waals surface area contributed by atoms with Gasteiger partial charge in [-0.15, -0.1) is 0 Å². The van der Waals surface area contributed by atoms with Crippen LogP contribution in [0.15, 0.2) is 64.7 Å². The van der Waals surface area contributed by atoms with Crippen molar-refractivity contribution in [2.75, 3.05) is 60.0 Å². The van der Waals surface area contributed by atoms with Crippen molar-refractivity contribution in [2.24, 2.45) is 7.05 Å². The molecule has 14 nitrogen and oxygen atoms in total. The molecule has 4 aromatic rings. The third kappa shape index (κ3) is 8.77. The van der Waals surface area contributed by atoms with Crippen LogP contribution < -0.4 is 25.9 Å². The number of likely N-dealkylation sites (tertiary alicyclic amines) is 2. The van der Waals surface area contributed by atoms with Crippen LogP contribution in [-0.4, -0.2) is 113 Å². The second-order valence-electron chi connectivity index (χ2n) is 14.8. The number of hydrogen-bond donors (Lipinski definition) is 1. The van der Waals surface area contributed by atoms with Gasteiger partial charge in [-0.3, -0.25) is 24.7 Å². The molecule has 3 saturated heterocycles. The van der Waals surface area contributed by atoms with E-state index < -0.39 is 6.03 Å². The highest BCUT2D eigenvalue weighted by atomic mass is 16.5. The number of ether oxygens (including phenoxy) is 3. The lowest BCUT2D eigenvalue weighted by Crippen LogP contribution is -2.49. The molecule has 3 aromatic heterocycles. The van der Waals surface area contributed by atoms with E-state index >= 15 is 0 Å². The van der Waals surface area contributed by atoms with Crippen molar-refractivity contribution in [1.82, 2.24) is 34.1 Å². The minimum absolute atomic E-state index is 0.0932. The molecule has 3 aliphatic heterocycles. The third-order valence-corrected chi connectivity index (χ3v) is 11.3. The van der Waals surface area contributed by atoms with Crippen molar-refractivity contribution >= 4 is 22.7 Å². The predicted molar refractivity (Wildman–Crippen MR) is 209 cm³/mol. The molecule has 0 atom stereocenters. The number of nitrogens with zero attached hydrogens (tertiary/aromatic N) is 6. The molecular weight excluding hydrogens is 702 g/mol. The highest BCUT2D eigenvalue weighted by molar-refractivity contribution is 5.97. The normalized spacial score (nSPS) is 17.8. The van der Waals surface area contributed by atoms with Gasteiger partial charge in [-0.1, -0.05) is 6.07 Å². The molecule has 6 heterocycles. The van der Waals surface area contributed by atoms with Crippen molar-refractivity contribution in [3.63, 3.8) is 0 Å². The number of imide groups is 1. The molecular formula is C41H51N7O7. The minimum Gasteiger partial charge on any atom is -0.496 e. The SMILES string of the molecule is COc1cc(-c2cn(C)c(=O)c3cnccc23)c(OC)cc1CCN1CCC(OC2CCN(CCn3cccc(CN4CCC(=O)NC4=O)c3=O)CC2)CC1. The van der Waals surface area contributed by atoms with E-state index in [9.17, 15) is 19.2 Å². The van der Waals surface area contributed by atoms with Crippen molar-refractivity contribution in [1.29, 1.82) is 0 Å². The number of pyridine rings is 3. The van der Waals surface area contributed by atoms with E-state index in [1.807, 2.05) is 24.4 Å². The van der Waals surface area contributed by atoms with Crippen LogP contribution in [0.2, 0.25) is 0 Å². The Morgan fingerprint density at radius 2 is 1.49 bits per heavy atom. The fourth-order valence-electron chi connectivity index (χ4n) is 8.07. The van der Waals surface area contributed by atoms with Crippen LogP contribution >= 0.6 is 0 Å². The fraction of sp³-hybridized carbons (Fsp3) is 0.488. The summed E-state index contributed by atoms with van der Waals surface area (Å²) in [7, 11) is 5.11. The second-order valence-corrected chi connectivity index (χ2v) is 14.8. The number of rotatable bonds is 13. The summed E-state index contributed by atoms with van der Waals surface area (Å²) in [6.07, 6.45) is 12.5. The molecule has 0 aliphatic carbocycles. The number of aromatic nitrogens is 3. The maximum atomic E-state index is 13.1. The Labute approximate surface area is 320 Å². The Balaban J connectivity index is 0.864. The molecule has 14 heteroatoms. The van der Waals surface area contributed by atoms with Gasteiger partial charge in [-0.25, -0.2) is 4.79 Å². The number of fused-ring (bicyclic) bond motifs is 1. The number of amides is 3. The molecule has 0 spiro atoms. The number of hydrogen-bond acceptors (Lipinski definition) is 10. The highest BCUT2D eigenvalue weighted by Crippen LogP contribution is 2.39. The van der Waals surface area contributed by atoms with Gasteiger partial charge in [0, 0.05) is 107 Å². The quantitative estimate of drug-likeness (QED) is 0.216. The predicted octanol–water partition coefficient (Wildman–Crippen LogP) is 3.41. The van der Waals surface area contributed by atoms with Gasteiger partial charge in [0.25, 0.3) is 11.1 Å². The van der Waals surface area contributed by atoms with Gasteiger partial charge >= 0.3 is 6.03 Å². The molecule has 0 bridgehead atoms. The number of urea groups is 1. The van der Waals surface area contributed by atoms with Crippen molar-refractivity contribution in [3.05, 3.63) is 87.0 Å². The summed E-state index contributed by atoms with van der Waals surface area (Å²) in [5, 5.41) is 3.70. The average molecular weight is 754 g/mol. The van der Waals surface area contributed by atoms with E-state index in [1.165, 1.54) is 4.90 Å². The van der Waals surface area contributed by atoms with Crippen LogP contribution in [0.5, 0.6) is 11.5 Å².